The van der Waals surface area contributed by atoms with Crippen molar-refractivity contribution in [3.05, 3.63) is 72.9 Å². The molecule has 15 nitrogen and oxygen atoms in total. The maximum Gasteiger partial charge on any atom is 0.306 e. The van der Waals surface area contributed by atoms with E-state index >= 15 is 0 Å². The van der Waals surface area contributed by atoms with Gasteiger partial charge in [0.15, 0.2) is 18.7 Å². The van der Waals surface area contributed by atoms with Crippen molar-refractivity contribution in [2.24, 2.45) is 0 Å². The molecule has 11 atom stereocenters. The number of aliphatic hydroxyl groups excluding tert-OH is 7. The molecule has 0 radical (unpaired) electrons. The Bertz CT molecular complexity index is 1630. The van der Waals surface area contributed by atoms with E-state index in [2.05, 4.69) is 86.8 Å². The van der Waals surface area contributed by atoms with Crippen molar-refractivity contribution in [1.82, 2.24) is 0 Å². The Balaban J connectivity index is 1.74. The number of carbonyl (C=O) groups is 2. The minimum Gasteiger partial charge on any atom is -0.462 e. The summed E-state index contributed by atoms with van der Waals surface area (Å²) in [5.74, 6) is -0.938. The Labute approximate surface area is 470 Å². The summed E-state index contributed by atoms with van der Waals surface area (Å²) in [6.07, 6.45) is 43.4. The van der Waals surface area contributed by atoms with Gasteiger partial charge in [0, 0.05) is 12.8 Å². The lowest BCUT2D eigenvalue weighted by Gasteiger charge is -2.42. The molecule has 2 aliphatic rings. The zero-order valence-electron chi connectivity index (χ0n) is 48.1. The second-order valence-electron chi connectivity index (χ2n) is 21.1. The standard InChI is InChI=1S/C63H108O15/c1-3-5-7-9-11-13-15-17-19-21-23-25-27-29-31-33-35-37-39-41-43-45-54(65)73-48-51(49-74-62-61(72)59(70)57(68)53(78-62)50-75-63-60(71)58(69)56(67)52(47-64)77-63)76-55(66)46-44-42-40-38-36-34-32-30-28-26-24-22-20-18-16-14-12-10-8-6-4-2/h6,8,12,14-15,17-18,20-21,23-24,26,51-53,56-64,67-72H,3-5,7,9-11,13,16,19,22,25,27-50H2,1-2H3/b8-6-,14-12-,17-15-,20-18-,23-21-,26-24-. The molecule has 2 fully saturated rings. The average Bonchev–Trinajstić information content (AvgIpc) is 3.44. The first-order chi connectivity index (χ1) is 38.0. The summed E-state index contributed by atoms with van der Waals surface area (Å²) in [5, 5.41) is 72.4. The molecule has 0 spiro atoms. The van der Waals surface area contributed by atoms with Crippen LogP contribution in [0.25, 0.3) is 0 Å². The third-order valence-electron chi connectivity index (χ3n) is 14.2. The van der Waals surface area contributed by atoms with Crippen molar-refractivity contribution >= 4 is 11.9 Å². The second-order valence-corrected chi connectivity index (χ2v) is 21.1. The van der Waals surface area contributed by atoms with E-state index in [1.54, 1.807) is 0 Å². The highest BCUT2D eigenvalue weighted by Crippen LogP contribution is 2.27. The summed E-state index contributed by atoms with van der Waals surface area (Å²) in [6.45, 7) is 2.48. The highest BCUT2D eigenvalue weighted by molar-refractivity contribution is 5.70. The van der Waals surface area contributed by atoms with Crippen molar-refractivity contribution in [1.29, 1.82) is 0 Å². The van der Waals surface area contributed by atoms with E-state index < -0.39 is 92.7 Å². The van der Waals surface area contributed by atoms with Crippen LogP contribution < -0.4 is 0 Å². The number of esters is 2. The van der Waals surface area contributed by atoms with E-state index in [4.69, 9.17) is 28.4 Å². The quantitative estimate of drug-likeness (QED) is 0.0171. The second kappa shape index (κ2) is 48.6. The van der Waals surface area contributed by atoms with Gasteiger partial charge in [-0.25, -0.2) is 0 Å². The Morgan fingerprint density at radius 2 is 0.808 bits per heavy atom. The van der Waals surface area contributed by atoms with E-state index in [1.165, 1.54) is 89.9 Å². The van der Waals surface area contributed by atoms with Gasteiger partial charge in [0.05, 0.1) is 19.8 Å². The van der Waals surface area contributed by atoms with Crippen molar-refractivity contribution < 1.29 is 73.8 Å². The van der Waals surface area contributed by atoms with Crippen LogP contribution in [-0.2, 0) is 38.0 Å². The number of ether oxygens (including phenoxy) is 6. The van der Waals surface area contributed by atoms with Crippen LogP contribution in [-0.4, -0.2) is 142 Å². The summed E-state index contributed by atoms with van der Waals surface area (Å²) in [7, 11) is 0. The smallest absolute Gasteiger partial charge is 0.306 e. The van der Waals surface area contributed by atoms with E-state index in [9.17, 15) is 45.3 Å². The van der Waals surface area contributed by atoms with Crippen molar-refractivity contribution in [3.8, 4) is 0 Å². The van der Waals surface area contributed by atoms with E-state index in [0.29, 0.717) is 12.8 Å². The molecule has 78 heavy (non-hydrogen) atoms. The number of unbranched alkanes of at least 4 members (excludes halogenated alkanes) is 22. The van der Waals surface area contributed by atoms with Gasteiger partial charge in [0.1, 0.15) is 55.4 Å². The first-order valence-electron chi connectivity index (χ1n) is 30.5. The first kappa shape index (κ1) is 71.0. The van der Waals surface area contributed by atoms with Gasteiger partial charge in [-0.15, -0.1) is 0 Å². The summed E-state index contributed by atoms with van der Waals surface area (Å²) >= 11 is 0. The molecule has 0 aliphatic carbocycles. The van der Waals surface area contributed by atoms with Crippen LogP contribution in [0.2, 0.25) is 0 Å². The van der Waals surface area contributed by atoms with Crippen LogP contribution in [0.15, 0.2) is 72.9 Å². The summed E-state index contributed by atoms with van der Waals surface area (Å²) in [4.78, 5) is 26.0. The molecule has 0 aromatic rings. The Hall–Kier alpha value is -3.06. The van der Waals surface area contributed by atoms with Crippen LogP contribution in [0.4, 0.5) is 0 Å². The van der Waals surface area contributed by atoms with E-state index in [1.807, 2.05) is 0 Å². The molecule has 15 heteroatoms. The highest BCUT2D eigenvalue weighted by Gasteiger charge is 2.47. The van der Waals surface area contributed by atoms with Gasteiger partial charge < -0.3 is 64.2 Å². The Kier molecular flexibility index (Phi) is 44.3. The first-order valence-corrected chi connectivity index (χ1v) is 30.5. The lowest BCUT2D eigenvalue weighted by molar-refractivity contribution is -0.332. The largest absolute Gasteiger partial charge is 0.462 e. The number of carbonyl (C=O) groups excluding carboxylic acids is 2. The fourth-order valence-corrected chi connectivity index (χ4v) is 9.24. The average molecular weight is 1110 g/mol. The van der Waals surface area contributed by atoms with Crippen LogP contribution in [0.3, 0.4) is 0 Å². The molecule has 2 rings (SSSR count). The zero-order chi connectivity index (χ0) is 56.7. The van der Waals surface area contributed by atoms with Gasteiger partial charge in [-0.3, -0.25) is 9.59 Å². The van der Waals surface area contributed by atoms with Crippen LogP contribution in [0, 0.1) is 0 Å². The minimum absolute atomic E-state index is 0.152. The number of aliphatic hydroxyl groups is 7. The fourth-order valence-electron chi connectivity index (χ4n) is 9.24. The maximum atomic E-state index is 13.1. The number of hydrogen-bond donors (Lipinski definition) is 7. The molecule has 11 unspecified atom stereocenters. The summed E-state index contributed by atoms with van der Waals surface area (Å²) in [6, 6.07) is 0. The van der Waals surface area contributed by atoms with Gasteiger partial charge in [-0.05, 0) is 83.5 Å². The Morgan fingerprint density at radius 3 is 1.27 bits per heavy atom. The molecule has 0 bridgehead atoms. The van der Waals surface area contributed by atoms with Crippen molar-refractivity contribution in [3.63, 3.8) is 0 Å². The normalized spacial score (nSPS) is 24.5. The molecule has 0 saturated carbocycles. The van der Waals surface area contributed by atoms with Crippen LogP contribution >= 0.6 is 0 Å². The van der Waals surface area contributed by atoms with Gasteiger partial charge in [0.2, 0.25) is 0 Å². The number of rotatable bonds is 48. The summed E-state index contributed by atoms with van der Waals surface area (Å²) in [5.41, 5.74) is 0. The molecule has 0 aromatic heterocycles. The van der Waals surface area contributed by atoms with E-state index in [-0.39, 0.29) is 26.1 Å². The van der Waals surface area contributed by atoms with Crippen LogP contribution in [0.5, 0.6) is 0 Å². The molecule has 2 aliphatic heterocycles. The molecule has 0 amide bonds. The summed E-state index contributed by atoms with van der Waals surface area (Å²) < 4.78 is 33.7. The SMILES string of the molecule is CC/C=C\C/C=C\C/C=C\C/C=C\CCCCCCCCCCC(=O)OC(COC(=O)CCCCCCCCCCC/C=C\C/C=C\CCCCCCC)COC1OC(COC2OC(CO)C(O)C(O)C2O)C(O)C(O)C1O. The predicted octanol–water partition coefficient (Wildman–Crippen LogP) is 10.9. The number of allylic oxidation sites excluding steroid dienone is 12. The monoisotopic (exact) mass is 1100 g/mol. The molecule has 2 saturated heterocycles. The van der Waals surface area contributed by atoms with Gasteiger partial charge in [0.25, 0.3) is 0 Å². The van der Waals surface area contributed by atoms with Gasteiger partial charge in [-0.1, -0.05) is 196 Å². The van der Waals surface area contributed by atoms with Gasteiger partial charge in [-0.2, -0.15) is 0 Å². The van der Waals surface area contributed by atoms with Crippen molar-refractivity contribution in [2.75, 3.05) is 26.4 Å². The molecule has 450 valence electrons. The topological polar surface area (TPSA) is 231 Å². The lowest BCUT2D eigenvalue weighted by Crippen LogP contribution is -2.61. The molecule has 7 N–H and O–H groups in total. The number of hydrogen-bond acceptors (Lipinski definition) is 15. The molecule has 0 aromatic carbocycles. The Morgan fingerprint density at radius 1 is 0.423 bits per heavy atom. The highest BCUT2D eigenvalue weighted by atomic mass is 16.7. The van der Waals surface area contributed by atoms with E-state index in [0.717, 1.165) is 89.9 Å². The molecule has 2 heterocycles. The third-order valence-corrected chi connectivity index (χ3v) is 14.2. The fraction of sp³-hybridized carbons (Fsp3) is 0.778. The zero-order valence-corrected chi connectivity index (χ0v) is 48.1. The maximum absolute atomic E-state index is 13.1. The van der Waals surface area contributed by atoms with Crippen LogP contribution in [0.1, 0.15) is 219 Å². The molecular weight excluding hydrogens is 997 g/mol. The molecular formula is C63H108O15. The van der Waals surface area contributed by atoms with Crippen molar-refractivity contribution in [2.45, 2.75) is 287 Å². The predicted molar refractivity (Wildman–Crippen MR) is 307 cm³/mol. The third kappa shape index (κ3) is 34.9. The minimum atomic E-state index is -1.77. The van der Waals surface area contributed by atoms with Gasteiger partial charge >= 0.3 is 11.9 Å². The lowest BCUT2D eigenvalue weighted by atomic mass is 9.98.